The van der Waals surface area contributed by atoms with Gasteiger partial charge in [-0.05, 0) is 46.1 Å². The fourth-order valence-corrected chi connectivity index (χ4v) is 2.44. The number of aromatic nitrogens is 2. The zero-order valence-electron chi connectivity index (χ0n) is 11.4. The number of aromatic amines is 1. The molecule has 21 heavy (non-hydrogen) atoms. The van der Waals surface area contributed by atoms with E-state index < -0.39 is 6.61 Å². The number of hydrogen-bond donors (Lipinski definition) is 1. The van der Waals surface area contributed by atoms with E-state index >= 15 is 0 Å². The highest BCUT2D eigenvalue weighted by molar-refractivity contribution is 9.10. The van der Waals surface area contributed by atoms with E-state index in [0.29, 0.717) is 21.6 Å². The predicted molar refractivity (Wildman–Crippen MR) is 78.7 cm³/mol. The lowest BCUT2D eigenvalue weighted by Gasteiger charge is -2.10. The monoisotopic (exact) mass is 358 g/mol. The summed E-state index contributed by atoms with van der Waals surface area (Å²) < 4.78 is 28.9. The summed E-state index contributed by atoms with van der Waals surface area (Å²) in [5.74, 6) is 0.509. The Balaban J connectivity index is 2.40. The standard InChI is InChI=1S/C14H13BrF2N2O2/c1-7(2)11-10(15)13(20)19-12(18-11)8-3-5-9(6-4-8)21-14(16)17/h3-7,14H,1-2H3,(H,18,19,20). The van der Waals surface area contributed by atoms with Crippen LogP contribution in [0.25, 0.3) is 11.4 Å². The zero-order chi connectivity index (χ0) is 15.6. The van der Waals surface area contributed by atoms with Gasteiger partial charge in [-0.15, -0.1) is 0 Å². The molecule has 1 heterocycles. The van der Waals surface area contributed by atoms with Gasteiger partial charge in [-0.1, -0.05) is 13.8 Å². The van der Waals surface area contributed by atoms with Crippen LogP contribution < -0.4 is 10.3 Å². The van der Waals surface area contributed by atoms with E-state index in [0.717, 1.165) is 0 Å². The Labute approximate surface area is 128 Å². The normalized spacial score (nSPS) is 11.2. The third-order valence-electron chi connectivity index (χ3n) is 2.79. The molecule has 7 heteroatoms. The molecular formula is C14H13BrF2N2O2. The lowest BCUT2D eigenvalue weighted by molar-refractivity contribution is -0.0498. The van der Waals surface area contributed by atoms with Crippen molar-refractivity contribution in [3.05, 3.63) is 44.8 Å². The van der Waals surface area contributed by atoms with Gasteiger partial charge in [0.1, 0.15) is 16.0 Å². The van der Waals surface area contributed by atoms with Crippen molar-refractivity contribution in [3.8, 4) is 17.1 Å². The molecule has 1 aromatic heterocycles. The average Bonchev–Trinajstić information content (AvgIpc) is 2.41. The Bertz CT molecular complexity index is 684. The van der Waals surface area contributed by atoms with E-state index in [1.807, 2.05) is 13.8 Å². The summed E-state index contributed by atoms with van der Waals surface area (Å²) in [5.41, 5.74) is 0.974. The number of hydrogen-bond acceptors (Lipinski definition) is 3. The molecule has 0 atom stereocenters. The van der Waals surface area contributed by atoms with Crippen molar-refractivity contribution < 1.29 is 13.5 Å². The van der Waals surface area contributed by atoms with Gasteiger partial charge >= 0.3 is 6.61 Å². The minimum absolute atomic E-state index is 0.0530. The predicted octanol–water partition coefficient (Wildman–Crippen LogP) is 3.92. The van der Waals surface area contributed by atoms with Crippen LogP contribution in [0.5, 0.6) is 5.75 Å². The molecule has 4 nitrogen and oxygen atoms in total. The number of H-pyrrole nitrogens is 1. The molecule has 0 spiro atoms. The molecule has 2 rings (SSSR count). The van der Waals surface area contributed by atoms with Gasteiger partial charge in [0.05, 0.1) is 5.69 Å². The van der Waals surface area contributed by atoms with Gasteiger partial charge < -0.3 is 9.72 Å². The number of nitrogens with one attached hydrogen (secondary N) is 1. The summed E-state index contributed by atoms with van der Waals surface area (Å²) in [6.45, 7) is 0.986. The van der Waals surface area contributed by atoms with Crippen LogP contribution in [-0.4, -0.2) is 16.6 Å². The summed E-state index contributed by atoms with van der Waals surface area (Å²) >= 11 is 3.22. The molecular weight excluding hydrogens is 346 g/mol. The van der Waals surface area contributed by atoms with Gasteiger partial charge in [0.2, 0.25) is 0 Å². The van der Waals surface area contributed by atoms with E-state index in [4.69, 9.17) is 0 Å². The molecule has 0 unspecified atom stereocenters. The second-order valence-electron chi connectivity index (χ2n) is 4.67. The molecule has 0 fully saturated rings. The molecule has 0 bridgehead atoms. The maximum absolute atomic E-state index is 12.1. The number of rotatable bonds is 4. The highest BCUT2D eigenvalue weighted by Gasteiger charge is 2.13. The molecule has 2 aromatic rings. The van der Waals surface area contributed by atoms with E-state index in [1.165, 1.54) is 12.1 Å². The molecule has 0 saturated carbocycles. The SMILES string of the molecule is CC(C)c1nc(-c2ccc(OC(F)F)cc2)[nH]c(=O)c1Br. The van der Waals surface area contributed by atoms with Gasteiger partial charge in [-0.3, -0.25) is 4.79 Å². The van der Waals surface area contributed by atoms with Gasteiger partial charge in [0, 0.05) is 5.56 Å². The number of benzene rings is 1. The van der Waals surface area contributed by atoms with E-state index in [1.54, 1.807) is 12.1 Å². The van der Waals surface area contributed by atoms with Crippen LogP contribution in [0, 0.1) is 0 Å². The largest absolute Gasteiger partial charge is 0.435 e. The van der Waals surface area contributed by atoms with Crippen LogP contribution in [0.4, 0.5) is 8.78 Å². The van der Waals surface area contributed by atoms with Crippen molar-refractivity contribution in [2.75, 3.05) is 0 Å². The van der Waals surface area contributed by atoms with Crippen molar-refractivity contribution in [2.45, 2.75) is 26.4 Å². The van der Waals surface area contributed by atoms with Gasteiger partial charge in [-0.2, -0.15) is 8.78 Å². The molecule has 112 valence electrons. The molecule has 0 aliphatic heterocycles. The number of ether oxygens (including phenoxy) is 1. The van der Waals surface area contributed by atoms with E-state index in [9.17, 15) is 13.6 Å². The maximum Gasteiger partial charge on any atom is 0.387 e. The second kappa shape index (κ2) is 6.34. The second-order valence-corrected chi connectivity index (χ2v) is 5.46. The van der Waals surface area contributed by atoms with Crippen molar-refractivity contribution in [2.24, 2.45) is 0 Å². The molecule has 0 amide bonds. The topological polar surface area (TPSA) is 55.0 Å². The van der Waals surface area contributed by atoms with Crippen LogP contribution in [0.15, 0.2) is 33.5 Å². The third-order valence-corrected chi connectivity index (χ3v) is 3.55. The fraction of sp³-hybridized carbons (Fsp3) is 0.286. The number of alkyl halides is 2. The summed E-state index contributed by atoms with van der Waals surface area (Å²) in [7, 11) is 0. The molecule has 0 saturated heterocycles. The first-order chi connectivity index (χ1) is 9.88. The Morgan fingerprint density at radius 1 is 1.24 bits per heavy atom. The van der Waals surface area contributed by atoms with Gasteiger partial charge in [0.25, 0.3) is 5.56 Å². The number of halogens is 3. The Morgan fingerprint density at radius 2 is 1.86 bits per heavy atom. The minimum Gasteiger partial charge on any atom is -0.435 e. The van der Waals surface area contributed by atoms with Crippen molar-refractivity contribution in [1.82, 2.24) is 9.97 Å². The first-order valence-corrected chi connectivity index (χ1v) is 7.02. The van der Waals surface area contributed by atoms with Crippen molar-refractivity contribution in [3.63, 3.8) is 0 Å². The van der Waals surface area contributed by atoms with Crippen LogP contribution in [-0.2, 0) is 0 Å². The summed E-state index contributed by atoms with van der Waals surface area (Å²) in [5, 5.41) is 0. The summed E-state index contributed by atoms with van der Waals surface area (Å²) in [4.78, 5) is 18.9. The van der Waals surface area contributed by atoms with E-state index in [2.05, 4.69) is 30.6 Å². The minimum atomic E-state index is -2.87. The van der Waals surface area contributed by atoms with Crippen LogP contribution in [0.2, 0.25) is 0 Å². The maximum atomic E-state index is 12.1. The van der Waals surface area contributed by atoms with Crippen LogP contribution in [0.3, 0.4) is 0 Å². The molecule has 0 aliphatic carbocycles. The molecule has 0 radical (unpaired) electrons. The van der Waals surface area contributed by atoms with Gasteiger partial charge in [-0.25, -0.2) is 4.98 Å². The number of nitrogens with zero attached hydrogens (tertiary/aromatic N) is 1. The quantitative estimate of drug-likeness (QED) is 0.900. The first kappa shape index (κ1) is 15.6. The molecule has 1 aromatic carbocycles. The first-order valence-electron chi connectivity index (χ1n) is 6.23. The highest BCUT2D eigenvalue weighted by atomic mass is 79.9. The van der Waals surface area contributed by atoms with Gasteiger partial charge in [0.15, 0.2) is 0 Å². The summed E-state index contributed by atoms with van der Waals surface area (Å²) in [6, 6.07) is 5.93. The third kappa shape index (κ3) is 3.66. The van der Waals surface area contributed by atoms with E-state index in [-0.39, 0.29) is 17.2 Å². The Hall–Kier alpha value is -1.76. The van der Waals surface area contributed by atoms with Crippen LogP contribution >= 0.6 is 15.9 Å². The Kier molecular flexibility index (Phi) is 4.72. The molecule has 0 aliphatic rings. The Morgan fingerprint density at radius 3 is 2.38 bits per heavy atom. The highest BCUT2D eigenvalue weighted by Crippen LogP contribution is 2.24. The lowest BCUT2D eigenvalue weighted by atomic mass is 10.1. The lowest BCUT2D eigenvalue weighted by Crippen LogP contribution is -2.14. The average molecular weight is 359 g/mol. The van der Waals surface area contributed by atoms with Crippen molar-refractivity contribution in [1.29, 1.82) is 0 Å². The molecule has 1 N–H and O–H groups in total. The smallest absolute Gasteiger partial charge is 0.387 e. The van der Waals surface area contributed by atoms with Crippen molar-refractivity contribution >= 4 is 15.9 Å². The summed E-state index contributed by atoms with van der Waals surface area (Å²) in [6.07, 6.45) is 0. The fourth-order valence-electron chi connectivity index (χ4n) is 1.79. The van der Waals surface area contributed by atoms with Crippen LogP contribution in [0.1, 0.15) is 25.5 Å². The zero-order valence-corrected chi connectivity index (χ0v) is 12.9.